The Balaban J connectivity index is 3.98. The summed E-state index contributed by atoms with van der Waals surface area (Å²) in [5.41, 5.74) is 11.2. The highest BCUT2D eigenvalue weighted by Crippen LogP contribution is 2.14. The minimum atomic E-state index is -0.929. The highest BCUT2D eigenvalue weighted by molar-refractivity contribution is 7.99. The van der Waals surface area contributed by atoms with E-state index < -0.39 is 12.0 Å². The molecular weight excluding hydrogens is 354 g/mol. The summed E-state index contributed by atoms with van der Waals surface area (Å²) in [6, 6.07) is -0.765. The van der Waals surface area contributed by atoms with E-state index in [1.807, 2.05) is 0 Å². The summed E-state index contributed by atoms with van der Waals surface area (Å²) in [5, 5.41) is 8.74. The lowest BCUT2D eigenvalue weighted by molar-refractivity contribution is -0.137. The molecule has 3 nitrogen and oxygen atoms in total. The van der Waals surface area contributed by atoms with Crippen molar-refractivity contribution in [2.45, 2.75) is 79.2 Å². The van der Waals surface area contributed by atoms with Gasteiger partial charge in [0.1, 0.15) is 6.04 Å². The number of thioether (sulfide) groups is 1. The molecule has 0 spiro atoms. The van der Waals surface area contributed by atoms with Gasteiger partial charge in [-0.2, -0.15) is 11.8 Å². The van der Waals surface area contributed by atoms with E-state index in [-0.39, 0.29) is 0 Å². The van der Waals surface area contributed by atoms with Gasteiger partial charge in [0.05, 0.1) is 0 Å². The molecule has 0 amide bonds. The van der Waals surface area contributed by atoms with Crippen LogP contribution < -0.4 is 5.73 Å². The summed E-state index contributed by atoms with van der Waals surface area (Å²) >= 11 is 1.57. The Morgan fingerprint density at radius 1 is 0.852 bits per heavy atom. The molecule has 0 fully saturated rings. The summed E-state index contributed by atoms with van der Waals surface area (Å²) in [4.78, 5) is 10.6. The Hall–Kier alpha value is -1.26. The Morgan fingerprint density at radius 2 is 1.30 bits per heavy atom. The molecule has 0 aromatic carbocycles. The molecule has 0 aromatic heterocycles. The molecular formula is C23H39NO2S. The topological polar surface area (TPSA) is 63.3 Å². The third-order valence-corrected chi connectivity index (χ3v) is 5.32. The number of carboxylic acid groups (broad SMARTS) is 1. The standard InChI is InChI=1S/C23H39NO2S/c1-18(2)9-6-10-19(3)11-7-12-20(4)13-8-14-21(5)15-16-27-17-22(24)23(25)26/h9,11,13,15,22H,6-8,10,12,14,16-17,24H2,1-5H3,(H,25,26)/t22-/m0/s1. The van der Waals surface area contributed by atoms with E-state index >= 15 is 0 Å². The third kappa shape index (κ3) is 16.6. The van der Waals surface area contributed by atoms with E-state index in [2.05, 4.69) is 58.9 Å². The number of nitrogens with two attached hydrogens (primary N) is 1. The number of carboxylic acids is 1. The van der Waals surface area contributed by atoms with Gasteiger partial charge in [-0.3, -0.25) is 4.79 Å². The molecule has 0 radical (unpaired) electrons. The first-order valence-corrected chi connectivity index (χ1v) is 11.0. The van der Waals surface area contributed by atoms with E-state index in [1.54, 1.807) is 11.8 Å². The molecule has 0 aliphatic rings. The second-order valence-electron chi connectivity index (χ2n) is 7.53. The van der Waals surface area contributed by atoms with Gasteiger partial charge in [-0.1, -0.05) is 46.6 Å². The molecule has 0 bridgehead atoms. The van der Waals surface area contributed by atoms with Crippen LogP contribution in [0, 0.1) is 0 Å². The Bertz CT molecular complexity index is 555. The van der Waals surface area contributed by atoms with Crippen LogP contribution in [0.2, 0.25) is 0 Å². The lowest BCUT2D eigenvalue weighted by Crippen LogP contribution is -2.32. The first-order chi connectivity index (χ1) is 12.7. The molecule has 4 heteroatoms. The maximum absolute atomic E-state index is 10.6. The van der Waals surface area contributed by atoms with Crippen molar-refractivity contribution in [3.05, 3.63) is 46.6 Å². The average Bonchev–Trinajstić information content (AvgIpc) is 2.58. The second-order valence-corrected chi connectivity index (χ2v) is 8.61. The van der Waals surface area contributed by atoms with Crippen LogP contribution in [0.25, 0.3) is 0 Å². The number of hydrogen-bond donors (Lipinski definition) is 2. The molecule has 1 atom stereocenters. The van der Waals surface area contributed by atoms with Crippen LogP contribution >= 0.6 is 11.8 Å². The van der Waals surface area contributed by atoms with Crippen molar-refractivity contribution in [3.8, 4) is 0 Å². The fraction of sp³-hybridized carbons (Fsp3) is 0.609. The molecule has 0 heterocycles. The van der Waals surface area contributed by atoms with Crippen LogP contribution in [0.15, 0.2) is 46.6 Å². The maximum atomic E-state index is 10.6. The van der Waals surface area contributed by atoms with Crippen molar-refractivity contribution >= 4 is 17.7 Å². The van der Waals surface area contributed by atoms with Gasteiger partial charge < -0.3 is 10.8 Å². The van der Waals surface area contributed by atoms with Gasteiger partial charge in [0.2, 0.25) is 0 Å². The van der Waals surface area contributed by atoms with Crippen molar-refractivity contribution in [2.75, 3.05) is 11.5 Å². The Labute approximate surface area is 170 Å². The second kappa shape index (κ2) is 15.8. The zero-order valence-electron chi connectivity index (χ0n) is 17.9. The van der Waals surface area contributed by atoms with Crippen LogP contribution in [0.3, 0.4) is 0 Å². The normalized spacial score (nSPS) is 14.2. The van der Waals surface area contributed by atoms with Crippen molar-refractivity contribution in [2.24, 2.45) is 5.73 Å². The molecule has 154 valence electrons. The summed E-state index contributed by atoms with van der Waals surface area (Å²) in [6.45, 7) is 10.9. The molecule has 0 saturated heterocycles. The average molecular weight is 394 g/mol. The molecule has 0 aliphatic carbocycles. The minimum absolute atomic E-state index is 0.458. The van der Waals surface area contributed by atoms with Gasteiger partial charge in [-0.05, 0) is 73.1 Å². The number of rotatable bonds is 14. The number of hydrogen-bond acceptors (Lipinski definition) is 3. The first kappa shape index (κ1) is 25.7. The summed E-state index contributed by atoms with van der Waals surface area (Å²) in [6.07, 6.45) is 15.9. The van der Waals surface area contributed by atoms with Gasteiger partial charge in [0.15, 0.2) is 0 Å². The van der Waals surface area contributed by atoms with Crippen molar-refractivity contribution in [1.29, 1.82) is 0 Å². The Morgan fingerprint density at radius 3 is 1.74 bits per heavy atom. The summed E-state index contributed by atoms with van der Waals surface area (Å²) < 4.78 is 0. The zero-order chi connectivity index (χ0) is 20.7. The van der Waals surface area contributed by atoms with Gasteiger partial charge in [0, 0.05) is 11.5 Å². The predicted molar refractivity (Wildman–Crippen MR) is 121 cm³/mol. The van der Waals surface area contributed by atoms with Crippen LogP contribution in [0.5, 0.6) is 0 Å². The molecule has 0 aromatic rings. The summed E-state index contributed by atoms with van der Waals surface area (Å²) in [7, 11) is 0. The van der Waals surface area contributed by atoms with E-state index in [1.165, 1.54) is 22.3 Å². The van der Waals surface area contributed by atoms with Crippen molar-refractivity contribution in [1.82, 2.24) is 0 Å². The SMILES string of the molecule is CC(C)=CCCC(C)=CCCC(C)=CCCC(C)=CCSC[C@H](N)C(=O)O. The summed E-state index contributed by atoms with van der Waals surface area (Å²) in [5.74, 6) is 0.355. The number of carbonyl (C=O) groups is 1. The minimum Gasteiger partial charge on any atom is -0.480 e. The predicted octanol–water partition coefficient (Wildman–Crippen LogP) is 6.28. The van der Waals surface area contributed by atoms with E-state index in [4.69, 9.17) is 10.8 Å². The van der Waals surface area contributed by atoms with Gasteiger partial charge in [-0.15, -0.1) is 0 Å². The van der Waals surface area contributed by atoms with Crippen LogP contribution in [0.4, 0.5) is 0 Å². The van der Waals surface area contributed by atoms with Crippen LogP contribution in [-0.2, 0) is 4.79 Å². The molecule has 0 rings (SSSR count). The van der Waals surface area contributed by atoms with E-state index in [0.29, 0.717) is 5.75 Å². The molecule has 27 heavy (non-hydrogen) atoms. The number of allylic oxidation sites excluding steroid dienone is 7. The molecule has 0 aliphatic heterocycles. The van der Waals surface area contributed by atoms with Gasteiger partial charge in [0.25, 0.3) is 0 Å². The molecule has 0 unspecified atom stereocenters. The zero-order valence-corrected chi connectivity index (χ0v) is 18.7. The van der Waals surface area contributed by atoms with E-state index in [9.17, 15) is 4.79 Å². The highest BCUT2D eigenvalue weighted by Gasteiger charge is 2.09. The number of aliphatic carboxylic acids is 1. The molecule has 0 saturated carbocycles. The smallest absolute Gasteiger partial charge is 0.321 e. The van der Waals surface area contributed by atoms with Crippen LogP contribution in [0.1, 0.15) is 73.1 Å². The monoisotopic (exact) mass is 393 g/mol. The lowest BCUT2D eigenvalue weighted by Gasteiger charge is -2.05. The fourth-order valence-corrected chi connectivity index (χ4v) is 3.39. The fourth-order valence-electron chi connectivity index (χ4n) is 2.45. The first-order valence-electron chi connectivity index (χ1n) is 9.88. The molecule has 3 N–H and O–H groups in total. The highest BCUT2D eigenvalue weighted by atomic mass is 32.2. The lowest BCUT2D eigenvalue weighted by atomic mass is 10.0. The van der Waals surface area contributed by atoms with Crippen LogP contribution in [-0.4, -0.2) is 28.6 Å². The van der Waals surface area contributed by atoms with Gasteiger partial charge in [-0.25, -0.2) is 0 Å². The van der Waals surface area contributed by atoms with Gasteiger partial charge >= 0.3 is 5.97 Å². The van der Waals surface area contributed by atoms with Crippen molar-refractivity contribution in [3.63, 3.8) is 0 Å². The maximum Gasteiger partial charge on any atom is 0.321 e. The largest absolute Gasteiger partial charge is 0.480 e. The van der Waals surface area contributed by atoms with E-state index in [0.717, 1.165) is 44.3 Å². The van der Waals surface area contributed by atoms with Crippen molar-refractivity contribution < 1.29 is 9.90 Å². The quantitative estimate of drug-likeness (QED) is 0.269. The third-order valence-electron chi connectivity index (χ3n) is 4.32. The Kier molecular flexibility index (Phi) is 15.0.